The van der Waals surface area contributed by atoms with Crippen LogP contribution in [0.2, 0.25) is 11.6 Å². The maximum absolute atomic E-state index is 6.37. The van der Waals surface area contributed by atoms with Crippen LogP contribution in [0.5, 0.6) is 11.5 Å². The van der Waals surface area contributed by atoms with Crippen LogP contribution in [0.4, 0.5) is 0 Å². The molecule has 1 nitrogen and oxygen atoms in total. The summed E-state index contributed by atoms with van der Waals surface area (Å²) in [5, 5.41) is 5.37. The average molecular weight is 444 g/mol. The fourth-order valence-electron chi connectivity index (χ4n) is 7.51. The Morgan fingerprint density at radius 1 is 0.588 bits per heavy atom. The summed E-state index contributed by atoms with van der Waals surface area (Å²) >= 11 is 0. The number of hydrogen-bond acceptors (Lipinski definition) is 1. The molecule has 2 heteroatoms. The first kappa shape index (κ1) is 20.6. The van der Waals surface area contributed by atoms with Crippen molar-refractivity contribution in [1.29, 1.82) is 0 Å². The smallest absolute Gasteiger partial charge is 0.182 e. The van der Waals surface area contributed by atoms with E-state index < -0.39 is 0 Å². The summed E-state index contributed by atoms with van der Waals surface area (Å²) in [5.41, 5.74) is 4.12. The third-order valence-electron chi connectivity index (χ3n) is 9.06. The maximum Gasteiger partial charge on any atom is 0.182 e. The van der Waals surface area contributed by atoms with E-state index in [1.165, 1.54) is 96.9 Å². The second-order valence-electron chi connectivity index (χ2n) is 11.0. The van der Waals surface area contributed by atoms with Crippen molar-refractivity contribution in [2.75, 3.05) is 0 Å². The van der Waals surface area contributed by atoms with E-state index in [4.69, 9.17) is 4.74 Å². The Kier molecular flexibility index (Phi) is 5.15. The summed E-state index contributed by atoms with van der Waals surface area (Å²) in [6, 6.07) is 25.0. The van der Waals surface area contributed by atoms with Crippen molar-refractivity contribution in [3.63, 3.8) is 0 Å². The van der Waals surface area contributed by atoms with Crippen LogP contribution in [0.1, 0.15) is 64.2 Å². The summed E-state index contributed by atoms with van der Waals surface area (Å²) in [6.07, 6.45) is 14.3. The average Bonchev–Trinajstić information content (AvgIpc) is 2.90. The highest BCUT2D eigenvalue weighted by molar-refractivity contribution is 6.76. The predicted molar refractivity (Wildman–Crippen MR) is 146 cm³/mol. The van der Waals surface area contributed by atoms with Gasteiger partial charge in [-0.1, -0.05) is 130 Å². The SMILES string of the molecule is c1ccc2c(c1)Oc1cccc3c1c-2cc1ccc(B(C2CCCCC2)C2CCCCC2)cc13. The van der Waals surface area contributed by atoms with Crippen molar-refractivity contribution in [3.8, 4) is 22.6 Å². The molecule has 4 aromatic rings. The first-order valence-electron chi connectivity index (χ1n) is 13.6. The van der Waals surface area contributed by atoms with Crippen LogP contribution in [0, 0.1) is 0 Å². The monoisotopic (exact) mass is 444 g/mol. The fourth-order valence-corrected chi connectivity index (χ4v) is 7.51. The molecule has 4 aromatic carbocycles. The lowest BCUT2D eigenvalue weighted by atomic mass is 9.27. The van der Waals surface area contributed by atoms with Crippen molar-refractivity contribution in [2.24, 2.45) is 0 Å². The van der Waals surface area contributed by atoms with Crippen LogP contribution in [0.25, 0.3) is 32.7 Å². The highest BCUT2D eigenvalue weighted by Crippen LogP contribution is 2.48. The zero-order chi connectivity index (χ0) is 22.5. The Balaban J connectivity index is 1.41. The largest absolute Gasteiger partial charge is 0.456 e. The van der Waals surface area contributed by atoms with Gasteiger partial charge in [0.2, 0.25) is 0 Å². The van der Waals surface area contributed by atoms with Crippen LogP contribution >= 0.6 is 0 Å². The number of rotatable bonds is 3. The van der Waals surface area contributed by atoms with Gasteiger partial charge in [-0.25, -0.2) is 0 Å². The van der Waals surface area contributed by atoms with Gasteiger partial charge in [-0.15, -0.1) is 0 Å². The van der Waals surface area contributed by atoms with Crippen molar-refractivity contribution in [3.05, 3.63) is 66.7 Å². The van der Waals surface area contributed by atoms with Crippen LogP contribution in [-0.2, 0) is 0 Å². The molecule has 0 aromatic heterocycles. The molecule has 0 amide bonds. The summed E-state index contributed by atoms with van der Waals surface area (Å²) in [6.45, 7) is 0.729. The van der Waals surface area contributed by atoms with Gasteiger partial charge in [0.1, 0.15) is 11.5 Å². The normalized spacial score (nSPS) is 18.6. The van der Waals surface area contributed by atoms with E-state index in [0.29, 0.717) is 0 Å². The zero-order valence-corrected chi connectivity index (χ0v) is 20.1. The number of ether oxygens (including phenoxy) is 1. The quantitative estimate of drug-likeness (QED) is 0.199. The lowest BCUT2D eigenvalue weighted by Gasteiger charge is -2.36. The number of para-hydroxylation sites is 1. The first-order valence-corrected chi connectivity index (χ1v) is 13.6. The van der Waals surface area contributed by atoms with Crippen molar-refractivity contribution < 1.29 is 4.74 Å². The summed E-state index contributed by atoms with van der Waals surface area (Å²) < 4.78 is 6.37. The molecule has 0 atom stereocenters. The molecule has 0 unspecified atom stereocenters. The summed E-state index contributed by atoms with van der Waals surface area (Å²) in [5.74, 6) is 3.69. The molecule has 170 valence electrons. The van der Waals surface area contributed by atoms with Gasteiger partial charge in [0, 0.05) is 10.9 Å². The molecule has 1 heterocycles. The van der Waals surface area contributed by atoms with Gasteiger partial charge >= 0.3 is 0 Å². The highest BCUT2D eigenvalue weighted by Gasteiger charge is 2.36. The molecule has 34 heavy (non-hydrogen) atoms. The fraction of sp³-hybridized carbons (Fsp3) is 0.375. The van der Waals surface area contributed by atoms with Gasteiger partial charge in [-0.2, -0.15) is 0 Å². The summed E-state index contributed by atoms with van der Waals surface area (Å²) in [4.78, 5) is 0. The molecule has 2 aliphatic carbocycles. The Morgan fingerprint density at radius 3 is 2.06 bits per heavy atom. The Hall–Kier alpha value is -2.74. The molecule has 0 radical (unpaired) electrons. The lowest BCUT2D eigenvalue weighted by Crippen LogP contribution is -2.41. The molecule has 0 spiro atoms. The van der Waals surface area contributed by atoms with E-state index in [-0.39, 0.29) is 0 Å². The lowest BCUT2D eigenvalue weighted by molar-refractivity contribution is 0.465. The van der Waals surface area contributed by atoms with Gasteiger partial charge in [0.15, 0.2) is 6.71 Å². The third kappa shape index (κ3) is 3.37. The van der Waals surface area contributed by atoms with Crippen molar-refractivity contribution in [1.82, 2.24) is 0 Å². The topological polar surface area (TPSA) is 9.23 Å². The predicted octanol–water partition coefficient (Wildman–Crippen LogP) is 9.14. The molecular formula is C32H33BO. The number of fused-ring (bicyclic) bond motifs is 4. The Bertz CT molecular complexity index is 1340. The Morgan fingerprint density at radius 2 is 1.29 bits per heavy atom. The minimum Gasteiger partial charge on any atom is -0.456 e. The molecule has 0 N–H and O–H groups in total. The first-order chi connectivity index (χ1) is 16.9. The van der Waals surface area contributed by atoms with Gasteiger partial charge < -0.3 is 4.74 Å². The van der Waals surface area contributed by atoms with Crippen LogP contribution in [-0.4, -0.2) is 6.71 Å². The minimum atomic E-state index is 0.729. The van der Waals surface area contributed by atoms with Gasteiger partial charge in [0.05, 0.1) is 0 Å². The van der Waals surface area contributed by atoms with Gasteiger partial charge in [-0.05, 0) is 39.9 Å². The molecule has 0 bridgehead atoms. The molecule has 1 aliphatic heterocycles. The molecule has 2 saturated carbocycles. The maximum atomic E-state index is 6.37. The van der Waals surface area contributed by atoms with E-state index in [2.05, 4.69) is 66.7 Å². The van der Waals surface area contributed by atoms with E-state index in [1.807, 2.05) is 0 Å². The Labute approximate surface area is 203 Å². The third-order valence-corrected chi connectivity index (χ3v) is 9.06. The van der Waals surface area contributed by atoms with Crippen molar-refractivity contribution in [2.45, 2.75) is 75.8 Å². The van der Waals surface area contributed by atoms with E-state index >= 15 is 0 Å². The number of benzene rings is 4. The van der Waals surface area contributed by atoms with E-state index in [9.17, 15) is 0 Å². The second kappa shape index (κ2) is 8.49. The zero-order valence-electron chi connectivity index (χ0n) is 20.1. The number of hydrogen-bond donors (Lipinski definition) is 0. The van der Waals surface area contributed by atoms with Crippen LogP contribution < -0.4 is 10.2 Å². The molecular weight excluding hydrogens is 411 g/mol. The van der Waals surface area contributed by atoms with E-state index in [0.717, 1.165) is 29.8 Å². The molecule has 2 fully saturated rings. The van der Waals surface area contributed by atoms with E-state index in [1.54, 1.807) is 5.46 Å². The van der Waals surface area contributed by atoms with Crippen LogP contribution in [0.15, 0.2) is 66.7 Å². The minimum absolute atomic E-state index is 0.729. The highest BCUT2D eigenvalue weighted by atomic mass is 16.5. The van der Waals surface area contributed by atoms with Gasteiger partial charge in [-0.3, -0.25) is 0 Å². The summed E-state index contributed by atoms with van der Waals surface area (Å²) in [7, 11) is 0. The molecule has 7 rings (SSSR count). The molecule has 3 aliphatic rings. The van der Waals surface area contributed by atoms with Crippen molar-refractivity contribution >= 4 is 33.7 Å². The van der Waals surface area contributed by atoms with Gasteiger partial charge in [0.25, 0.3) is 0 Å². The standard InChI is InChI=1S/C32H33BO/c1-3-10-23(11-4-1)33(24-12-5-2-6-13-24)25-19-18-22-20-29-26-14-7-8-16-30(26)34-31-17-9-15-27(32(29)31)28(22)21-25/h7-9,14-21,23-24H,1-6,10-13H2. The van der Waals surface area contributed by atoms with Crippen LogP contribution in [0.3, 0.4) is 0 Å². The molecule has 0 saturated heterocycles. The second-order valence-corrected chi connectivity index (χ2v) is 11.0.